The molecule has 212 valence electrons. The van der Waals surface area contributed by atoms with E-state index in [0.29, 0.717) is 16.8 Å². The van der Waals surface area contributed by atoms with Gasteiger partial charge in [-0.05, 0) is 57.0 Å². The number of fused-ring (bicyclic) bond motifs is 2. The third kappa shape index (κ3) is 4.58. The van der Waals surface area contributed by atoms with Gasteiger partial charge in [0, 0.05) is 32.0 Å². The first-order chi connectivity index (χ1) is 18.8. The van der Waals surface area contributed by atoms with Gasteiger partial charge < -0.3 is 19.9 Å². The van der Waals surface area contributed by atoms with E-state index in [9.17, 15) is 23.3 Å². The standard InChI is InChI=1S/C26H30FN7O5S/c1-25(2,3)39-24(36)33-12-9-26(8-10-28,20(27)15-33)34-18-7-11-29-23(35)21(18)22(31-34)30-17-5-6-19-16(13-17)14-32(4)40(19,37)38/h5-7,11,13,20H,8-9,12,14-15H2,1-4H3,(H,29,35)(H,30,31)/t20-,26+/m1/s1. The topological polar surface area (TPSA) is 153 Å². The molecule has 4 heterocycles. The molecule has 0 bridgehead atoms. The summed E-state index contributed by atoms with van der Waals surface area (Å²) in [7, 11) is -2.05. The maximum absolute atomic E-state index is 16.1. The molecule has 40 heavy (non-hydrogen) atoms. The third-order valence-electron chi connectivity index (χ3n) is 7.25. The quantitative estimate of drug-likeness (QED) is 0.484. The van der Waals surface area contributed by atoms with E-state index in [1.807, 2.05) is 0 Å². The summed E-state index contributed by atoms with van der Waals surface area (Å²) in [6.07, 6.45) is -1.10. The Morgan fingerprint density at radius 1 is 1.35 bits per heavy atom. The van der Waals surface area contributed by atoms with Crippen molar-refractivity contribution in [3.63, 3.8) is 0 Å². The van der Waals surface area contributed by atoms with Crippen molar-refractivity contribution in [1.82, 2.24) is 24.0 Å². The molecule has 1 aromatic carbocycles. The summed E-state index contributed by atoms with van der Waals surface area (Å²) >= 11 is 0. The minimum atomic E-state index is -3.55. The molecule has 12 nitrogen and oxygen atoms in total. The molecular weight excluding hydrogens is 541 g/mol. The van der Waals surface area contributed by atoms with Gasteiger partial charge in [-0.2, -0.15) is 14.7 Å². The van der Waals surface area contributed by atoms with Gasteiger partial charge in [0.2, 0.25) is 10.0 Å². The Morgan fingerprint density at radius 2 is 2.10 bits per heavy atom. The molecule has 14 heteroatoms. The number of benzene rings is 1. The highest BCUT2D eigenvalue weighted by Gasteiger charge is 2.49. The van der Waals surface area contributed by atoms with Crippen LogP contribution in [0.5, 0.6) is 0 Å². The number of sulfonamides is 1. The number of ether oxygens (including phenoxy) is 1. The van der Waals surface area contributed by atoms with Crippen molar-refractivity contribution in [3.8, 4) is 6.07 Å². The number of rotatable bonds is 4. The summed E-state index contributed by atoms with van der Waals surface area (Å²) < 4.78 is 49.1. The van der Waals surface area contributed by atoms with E-state index >= 15 is 4.39 Å². The highest BCUT2D eigenvalue weighted by atomic mass is 32.2. The number of hydrogen-bond acceptors (Lipinski definition) is 8. The van der Waals surface area contributed by atoms with Gasteiger partial charge in [0.25, 0.3) is 5.56 Å². The number of alkyl halides is 1. The summed E-state index contributed by atoms with van der Waals surface area (Å²) in [5.74, 6) is 0.130. The summed E-state index contributed by atoms with van der Waals surface area (Å²) in [4.78, 5) is 29.7. The van der Waals surface area contributed by atoms with Crippen LogP contribution in [0.1, 0.15) is 39.2 Å². The fourth-order valence-corrected chi connectivity index (χ4v) is 6.59. The Labute approximate surface area is 230 Å². The molecule has 0 unspecified atom stereocenters. The predicted octanol–water partition coefficient (Wildman–Crippen LogP) is 3.19. The number of amides is 1. The molecule has 0 aliphatic carbocycles. The van der Waals surface area contributed by atoms with Gasteiger partial charge in [0.15, 0.2) is 5.82 Å². The van der Waals surface area contributed by atoms with E-state index in [1.54, 1.807) is 39.0 Å². The number of likely N-dealkylation sites (tertiary alicyclic amines) is 1. The molecule has 1 saturated heterocycles. The van der Waals surface area contributed by atoms with Gasteiger partial charge in [-0.3, -0.25) is 9.48 Å². The average molecular weight is 572 g/mol. The number of nitriles is 1. The Morgan fingerprint density at radius 3 is 2.77 bits per heavy atom. The fraction of sp³-hybridized carbons (Fsp3) is 0.462. The highest BCUT2D eigenvalue weighted by Crippen LogP contribution is 2.40. The number of aromatic amines is 1. The highest BCUT2D eigenvalue weighted by molar-refractivity contribution is 7.89. The zero-order valence-electron chi connectivity index (χ0n) is 22.6. The normalized spacial score (nSPS) is 22.6. The molecule has 2 aliphatic heterocycles. The number of halogens is 1. The number of anilines is 2. The molecule has 2 aromatic heterocycles. The Hall–Kier alpha value is -3.96. The lowest BCUT2D eigenvalue weighted by molar-refractivity contribution is -0.0166. The van der Waals surface area contributed by atoms with E-state index in [0.717, 1.165) is 0 Å². The summed E-state index contributed by atoms with van der Waals surface area (Å²) in [5, 5.41) is 17.6. The van der Waals surface area contributed by atoms with Crippen LogP contribution in [0, 0.1) is 11.3 Å². The van der Waals surface area contributed by atoms with E-state index in [1.165, 1.54) is 33.2 Å². The van der Waals surface area contributed by atoms with Crippen molar-refractivity contribution in [2.45, 2.75) is 62.4 Å². The summed E-state index contributed by atoms with van der Waals surface area (Å²) in [6, 6.07) is 8.38. The molecule has 3 aromatic rings. The number of pyridine rings is 1. The molecule has 0 saturated carbocycles. The summed E-state index contributed by atoms with van der Waals surface area (Å²) in [6.45, 7) is 5.19. The minimum absolute atomic E-state index is 0.0625. The second-order valence-corrected chi connectivity index (χ2v) is 13.1. The van der Waals surface area contributed by atoms with E-state index < -0.39 is 39.0 Å². The lowest BCUT2D eigenvalue weighted by Crippen LogP contribution is -2.56. The van der Waals surface area contributed by atoms with Crippen molar-refractivity contribution >= 4 is 38.5 Å². The van der Waals surface area contributed by atoms with Crippen LogP contribution in [0.15, 0.2) is 40.2 Å². The number of carbonyl (C=O) groups excluding carboxylic acids is 1. The third-order valence-corrected chi connectivity index (χ3v) is 9.15. The molecule has 0 spiro atoms. The predicted molar refractivity (Wildman–Crippen MR) is 144 cm³/mol. The maximum atomic E-state index is 16.1. The van der Waals surface area contributed by atoms with Crippen LogP contribution in [0.4, 0.5) is 20.7 Å². The molecule has 2 aliphatic rings. The first-order valence-corrected chi connectivity index (χ1v) is 14.2. The molecule has 1 amide bonds. The van der Waals surface area contributed by atoms with Crippen LogP contribution >= 0.6 is 0 Å². The number of H-pyrrole nitrogens is 1. The van der Waals surface area contributed by atoms with Gasteiger partial charge in [0.05, 0.1) is 29.4 Å². The number of nitrogens with one attached hydrogen (secondary N) is 2. The number of nitrogens with zero attached hydrogens (tertiary/aromatic N) is 5. The number of piperidine rings is 1. The Balaban J connectivity index is 1.54. The SMILES string of the molecule is CN1Cc2cc(Nc3nn([C@@]4(CC#N)CCN(C(=O)OC(C)(C)C)C[C@H]4F)c4cc[nH]c(=O)c34)ccc2S1(=O)=O. The van der Waals surface area contributed by atoms with Gasteiger partial charge in [-0.1, -0.05) is 0 Å². The molecule has 1 fully saturated rings. The molecule has 0 radical (unpaired) electrons. The molecule has 2 N–H and O–H groups in total. The first kappa shape index (κ1) is 27.6. The van der Waals surface area contributed by atoms with Crippen LogP contribution in [-0.4, -0.2) is 70.4 Å². The van der Waals surface area contributed by atoms with Crippen molar-refractivity contribution in [2.24, 2.45) is 0 Å². The van der Waals surface area contributed by atoms with E-state index in [4.69, 9.17) is 4.74 Å². The Kier molecular flexibility index (Phi) is 6.62. The van der Waals surface area contributed by atoms with Crippen molar-refractivity contribution in [1.29, 1.82) is 5.26 Å². The second-order valence-electron chi connectivity index (χ2n) is 11.1. The average Bonchev–Trinajstić information content (AvgIpc) is 3.34. The van der Waals surface area contributed by atoms with Gasteiger partial charge in [0.1, 0.15) is 22.7 Å². The van der Waals surface area contributed by atoms with Gasteiger partial charge in [-0.25, -0.2) is 17.6 Å². The van der Waals surface area contributed by atoms with Crippen LogP contribution in [0.2, 0.25) is 0 Å². The molecule has 5 rings (SSSR count). The fourth-order valence-electron chi connectivity index (χ4n) is 5.25. The smallest absolute Gasteiger partial charge is 0.410 e. The lowest BCUT2D eigenvalue weighted by Gasteiger charge is -2.43. The zero-order chi connectivity index (χ0) is 29.0. The van der Waals surface area contributed by atoms with Crippen LogP contribution < -0.4 is 10.9 Å². The van der Waals surface area contributed by atoms with Crippen molar-refractivity contribution in [3.05, 3.63) is 46.4 Å². The second kappa shape index (κ2) is 9.60. The van der Waals surface area contributed by atoms with E-state index in [-0.39, 0.29) is 48.6 Å². The Bertz CT molecular complexity index is 1700. The van der Waals surface area contributed by atoms with Gasteiger partial charge >= 0.3 is 6.09 Å². The first-order valence-electron chi connectivity index (χ1n) is 12.7. The number of aromatic nitrogens is 3. The lowest BCUT2D eigenvalue weighted by atomic mass is 9.83. The van der Waals surface area contributed by atoms with Crippen molar-refractivity contribution in [2.75, 3.05) is 25.5 Å². The minimum Gasteiger partial charge on any atom is -0.444 e. The van der Waals surface area contributed by atoms with Crippen molar-refractivity contribution < 1.29 is 22.3 Å². The molecular formula is C26H30FN7O5S. The largest absolute Gasteiger partial charge is 0.444 e. The van der Waals surface area contributed by atoms with Crippen LogP contribution in [-0.2, 0) is 26.8 Å². The molecule has 2 atom stereocenters. The number of hydrogen-bond donors (Lipinski definition) is 2. The zero-order valence-corrected chi connectivity index (χ0v) is 23.4. The van der Waals surface area contributed by atoms with Crippen LogP contribution in [0.25, 0.3) is 10.9 Å². The number of carbonyl (C=O) groups is 1. The van der Waals surface area contributed by atoms with Crippen LogP contribution in [0.3, 0.4) is 0 Å². The monoisotopic (exact) mass is 571 g/mol. The van der Waals surface area contributed by atoms with E-state index in [2.05, 4.69) is 21.5 Å². The summed E-state index contributed by atoms with van der Waals surface area (Å²) in [5.41, 5.74) is -1.27. The van der Waals surface area contributed by atoms with Gasteiger partial charge in [-0.15, -0.1) is 0 Å². The maximum Gasteiger partial charge on any atom is 0.410 e.